The van der Waals surface area contributed by atoms with E-state index in [9.17, 15) is 0 Å². The summed E-state index contributed by atoms with van der Waals surface area (Å²) in [6.07, 6.45) is 1.98. The first-order chi connectivity index (χ1) is 4.54. The minimum Gasteiger partial charge on any atom is -0.324 e. The molecule has 0 aromatic rings. The van der Waals surface area contributed by atoms with Crippen LogP contribution in [0.15, 0.2) is 24.3 Å². The summed E-state index contributed by atoms with van der Waals surface area (Å²) in [7, 11) is 0. The highest BCUT2D eigenvalue weighted by Crippen LogP contribution is 2.07. The van der Waals surface area contributed by atoms with Crippen molar-refractivity contribution in [1.82, 2.24) is 0 Å². The molecular formula is C9H17N. The van der Waals surface area contributed by atoms with E-state index >= 15 is 0 Å². The van der Waals surface area contributed by atoms with Crippen molar-refractivity contribution in [3.8, 4) is 0 Å². The lowest BCUT2D eigenvalue weighted by atomic mass is 10.0. The van der Waals surface area contributed by atoms with E-state index in [1.54, 1.807) is 0 Å². The van der Waals surface area contributed by atoms with Gasteiger partial charge in [0.05, 0.1) is 0 Å². The first-order valence-corrected chi connectivity index (χ1v) is 3.59. The van der Waals surface area contributed by atoms with Gasteiger partial charge < -0.3 is 5.73 Å². The van der Waals surface area contributed by atoms with E-state index in [0.29, 0.717) is 0 Å². The van der Waals surface area contributed by atoms with E-state index in [1.807, 2.05) is 13.8 Å². The van der Waals surface area contributed by atoms with E-state index in [1.165, 1.54) is 5.57 Å². The Balaban J connectivity index is 3.49. The van der Waals surface area contributed by atoms with Gasteiger partial charge in [-0.2, -0.15) is 0 Å². The zero-order chi connectivity index (χ0) is 8.15. The Morgan fingerprint density at radius 1 is 1.40 bits per heavy atom. The maximum Gasteiger partial charge on any atom is 0.0251 e. The summed E-state index contributed by atoms with van der Waals surface area (Å²) in [4.78, 5) is 0. The highest BCUT2D eigenvalue weighted by molar-refractivity contribution is 5.01. The average Bonchev–Trinajstić information content (AvgIpc) is 1.82. The van der Waals surface area contributed by atoms with Crippen LogP contribution in [0.3, 0.4) is 0 Å². The lowest BCUT2D eigenvalue weighted by Gasteiger charge is -2.09. The van der Waals surface area contributed by atoms with Crippen LogP contribution in [0.1, 0.15) is 26.7 Å². The lowest BCUT2D eigenvalue weighted by molar-refractivity contribution is 0.687. The summed E-state index contributed by atoms with van der Waals surface area (Å²) in [6.45, 7) is 11.6. The highest BCUT2D eigenvalue weighted by atomic mass is 14.6. The Hall–Kier alpha value is -0.560. The van der Waals surface area contributed by atoms with E-state index in [2.05, 4.69) is 13.2 Å². The van der Waals surface area contributed by atoms with Crippen LogP contribution in [-0.4, -0.2) is 6.04 Å². The van der Waals surface area contributed by atoms with E-state index in [-0.39, 0.29) is 6.04 Å². The molecular weight excluding hydrogens is 122 g/mol. The second kappa shape index (κ2) is 4.29. The summed E-state index contributed by atoms with van der Waals surface area (Å²) >= 11 is 0. The van der Waals surface area contributed by atoms with Gasteiger partial charge in [0.25, 0.3) is 0 Å². The van der Waals surface area contributed by atoms with Crippen LogP contribution in [-0.2, 0) is 0 Å². The maximum atomic E-state index is 5.72. The van der Waals surface area contributed by atoms with Crippen LogP contribution < -0.4 is 5.73 Å². The van der Waals surface area contributed by atoms with Gasteiger partial charge in [0.15, 0.2) is 0 Å². The molecule has 2 N–H and O–H groups in total. The van der Waals surface area contributed by atoms with Crippen molar-refractivity contribution < 1.29 is 0 Å². The van der Waals surface area contributed by atoms with Gasteiger partial charge >= 0.3 is 0 Å². The van der Waals surface area contributed by atoms with Gasteiger partial charge in [-0.05, 0) is 26.7 Å². The van der Waals surface area contributed by atoms with Crippen molar-refractivity contribution in [3.05, 3.63) is 24.3 Å². The summed E-state index contributed by atoms with van der Waals surface area (Å²) in [6, 6.07) is 0.150. The van der Waals surface area contributed by atoms with E-state index in [4.69, 9.17) is 5.73 Å². The Morgan fingerprint density at radius 2 is 1.90 bits per heavy atom. The van der Waals surface area contributed by atoms with Gasteiger partial charge in [-0.15, -0.1) is 6.58 Å². The van der Waals surface area contributed by atoms with Crippen LogP contribution in [0.5, 0.6) is 0 Å². The molecule has 0 unspecified atom stereocenters. The monoisotopic (exact) mass is 139 g/mol. The van der Waals surface area contributed by atoms with Crippen LogP contribution >= 0.6 is 0 Å². The molecule has 1 atom stereocenters. The molecule has 0 saturated heterocycles. The SMILES string of the molecule is C=C(C)CC[C@H](N)C(=C)C. The van der Waals surface area contributed by atoms with Crippen molar-refractivity contribution in [2.75, 3.05) is 0 Å². The van der Waals surface area contributed by atoms with Crippen LogP contribution in [0.4, 0.5) is 0 Å². The minimum absolute atomic E-state index is 0.150. The summed E-state index contributed by atoms with van der Waals surface area (Å²) in [5.41, 5.74) is 7.97. The molecule has 0 aromatic heterocycles. The molecule has 0 aliphatic heterocycles. The molecule has 58 valence electrons. The second-order valence-electron chi connectivity index (χ2n) is 2.95. The van der Waals surface area contributed by atoms with Crippen molar-refractivity contribution in [2.45, 2.75) is 32.7 Å². The predicted octanol–water partition coefficient (Wildman–Crippen LogP) is 2.25. The van der Waals surface area contributed by atoms with Crippen LogP contribution in [0.25, 0.3) is 0 Å². The van der Waals surface area contributed by atoms with Crippen LogP contribution in [0, 0.1) is 0 Å². The van der Waals surface area contributed by atoms with Gasteiger partial charge in [-0.1, -0.05) is 17.7 Å². The molecule has 0 aliphatic carbocycles. The number of hydrogen-bond acceptors (Lipinski definition) is 1. The molecule has 1 heteroatoms. The molecule has 0 heterocycles. The van der Waals surface area contributed by atoms with E-state index in [0.717, 1.165) is 18.4 Å². The molecule has 0 saturated carbocycles. The number of hydrogen-bond donors (Lipinski definition) is 1. The topological polar surface area (TPSA) is 26.0 Å². The van der Waals surface area contributed by atoms with Crippen molar-refractivity contribution in [3.63, 3.8) is 0 Å². The van der Waals surface area contributed by atoms with Gasteiger partial charge in [0.1, 0.15) is 0 Å². The Kier molecular flexibility index (Phi) is 4.05. The molecule has 10 heavy (non-hydrogen) atoms. The molecule has 0 bridgehead atoms. The normalized spacial score (nSPS) is 12.7. The van der Waals surface area contributed by atoms with Crippen molar-refractivity contribution in [2.24, 2.45) is 5.73 Å². The Morgan fingerprint density at radius 3 is 2.20 bits per heavy atom. The summed E-state index contributed by atoms with van der Waals surface area (Å²) < 4.78 is 0. The zero-order valence-corrected chi connectivity index (χ0v) is 6.98. The molecule has 0 amide bonds. The van der Waals surface area contributed by atoms with Crippen molar-refractivity contribution >= 4 is 0 Å². The molecule has 0 aliphatic rings. The average molecular weight is 139 g/mol. The quantitative estimate of drug-likeness (QED) is 0.594. The molecule has 0 radical (unpaired) electrons. The number of allylic oxidation sites excluding steroid dienone is 1. The largest absolute Gasteiger partial charge is 0.324 e. The predicted molar refractivity (Wildman–Crippen MR) is 46.8 cm³/mol. The smallest absolute Gasteiger partial charge is 0.0251 e. The van der Waals surface area contributed by atoms with Gasteiger partial charge in [-0.3, -0.25) is 0 Å². The second-order valence-corrected chi connectivity index (χ2v) is 2.95. The molecule has 1 nitrogen and oxygen atoms in total. The lowest BCUT2D eigenvalue weighted by Crippen LogP contribution is -2.20. The van der Waals surface area contributed by atoms with Gasteiger partial charge in [-0.25, -0.2) is 0 Å². The number of rotatable bonds is 4. The van der Waals surface area contributed by atoms with Crippen molar-refractivity contribution in [1.29, 1.82) is 0 Å². The highest BCUT2D eigenvalue weighted by Gasteiger charge is 2.00. The first kappa shape index (κ1) is 9.44. The molecule has 0 aromatic carbocycles. The zero-order valence-electron chi connectivity index (χ0n) is 6.98. The third-order valence-electron chi connectivity index (χ3n) is 1.52. The fourth-order valence-electron chi connectivity index (χ4n) is 0.648. The first-order valence-electron chi connectivity index (χ1n) is 3.59. The molecule has 0 fully saturated rings. The molecule has 0 rings (SSSR count). The van der Waals surface area contributed by atoms with Gasteiger partial charge in [0.2, 0.25) is 0 Å². The third kappa shape index (κ3) is 4.33. The summed E-state index contributed by atoms with van der Waals surface area (Å²) in [5.74, 6) is 0. The Bertz CT molecular complexity index is 136. The standard InChI is InChI=1S/C9H17N/c1-7(2)5-6-9(10)8(3)4/h9H,1,3,5-6,10H2,2,4H3/t9-/m0/s1. The van der Waals surface area contributed by atoms with Gasteiger partial charge in [0, 0.05) is 6.04 Å². The maximum absolute atomic E-state index is 5.72. The fourth-order valence-corrected chi connectivity index (χ4v) is 0.648. The summed E-state index contributed by atoms with van der Waals surface area (Å²) in [5, 5.41) is 0. The fraction of sp³-hybridized carbons (Fsp3) is 0.556. The third-order valence-corrected chi connectivity index (χ3v) is 1.52. The van der Waals surface area contributed by atoms with Crippen LogP contribution in [0.2, 0.25) is 0 Å². The Labute approximate surface area is 63.6 Å². The number of nitrogens with two attached hydrogens (primary N) is 1. The minimum atomic E-state index is 0.150. The molecule has 0 spiro atoms. The van der Waals surface area contributed by atoms with E-state index < -0.39 is 0 Å².